The van der Waals surface area contributed by atoms with E-state index in [2.05, 4.69) is 5.32 Å². The molecule has 2 rings (SSSR count). The van der Waals surface area contributed by atoms with Gasteiger partial charge in [0.2, 0.25) is 5.91 Å². The van der Waals surface area contributed by atoms with Crippen molar-refractivity contribution in [1.29, 1.82) is 0 Å². The maximum atomic E-state index is 12.7. The highest BCUT2D eigenvalue weighted by molar-refractivity contribution is 6.30. The Morgan fingerprint density at radius 1 is 1.12 bits per heavy atom. The van der Waals surface area contributed by atoms with E-state index in [0.717, 1.165) is 11.1 Å². The van der Waals surface area contributed by atoms with Crippen LogP contribution in [0.4, 0.5) is 0 Å². The third-order valence-electron chi connectivity index (χ3n) is 4.06. The van der Waals surface area contributed by atoms with Gasteiger partial charge in [-0.1, -0.05) is 41.4 Å². The maximum Gasteiger partial charge on any atom is 0.261 e. The zero-order valence-corrected chi connectivity index (χ0v) is 15.9. The van der Waals surface area contributed by atoms with Crippen molar-refractivity contribution >= 4 is 23.4 Å². The highest BCUT2D eigenvalue weighted by atomic mass is 35.5. The zero-order chi connectivity index (χ0) is 19.1. The average molecular weight is 375 g/mol. The Hall–Kier alpha value is -2.53. The van der Waals surface area contributed by atoms with Gasteiger partial charge in [-0.05, 0) is 43.7 Å². The van der Waals surface area contributed by atoms with E-state index < -0.39 is 6.04 Å². The first-order valence-electron chi connectivity index (χ1n) is 8.35. The monoisotopic (exact) mass is 374 g/mol. The number of carbonyl (C=O) groups excluding carboxylic acids is 2. The van der Waals surface area contributed by atoms with Crippen molar-refractivity contribution in [2.45, 2.75) is 26.4 Å². The second-order valence-corrected chi connectivity index (χ2v) is 6.48. The Morgan fingerprint density at radius 3 is 2.31 bits per heavy atom. The molecular formula is C20H23ClN2O3. The molecule has 2 aromatic carbocycles. The molecule has 0 bridgehead atoms. The van der Waals surface area contributed by atoms with Gasteiger partial charge in [-0.3, -0.25) is 9.59 Å². The summed E-state index contributed by atoms with van der Waals surface area (Å²) in [5.74, 6) is 0.113. The number of hydrogen-bond donors (Lipinski definition) is 1. The summed E-state index contributed by atoms with van der Waals surface area (Å²) in [6.45, 7) is 3.83. The minimum atomic E-state index is -0.621. The molecule has 0 saturated carbocycles. The van der Waals surface area contributed by atoms with Crippen molar-refractivity contribution in [3.8, 4) is 5.75 Å². The van der Waals surface area contributed by atoms with Crippen LogP contribution in [0.1, 0.15) is 18.1 Å². The van der Waals surface area contributed by atoms with Gasteiger partial charge in [-0.2, -0.15) is 0 Å². The highest BCUT2D eigenvalue weighted by Crippen LogP contribution is 2.15. The molecule has 5 nitrogen and oxygen atoms in total. The first-order chi connectivity index (χ1) is 12.4. The number of ether oxygens (including phenoxy) is 1. The van der Waals surface area contributed by atoms with Crippen molar-refractivity contribution < 1.29 is 14.3 Å². The molecule has 2 amide bonds. The molecule has 138 valence electrons. The van der Waals surface area contributed by atoms with Crippen molar-refractivity contribution in [3.63, 3.8) is 0 Å². The van der Waals surface area contributed by atoms with Crippen LogP contribution in [-0.4, -0.2) is 36.4 Å². The van der Waals surface area contributed by atoms with E-state index in [-0.39, 0.29) is 18.4 Å². The Kier molecular flexibility index (Phi) is 7.04. The van der Waals surface area contributed by atoms with Crippen LogP contribution < -0.4 is 10.1 Å². The molecule has 0 radical (unpaired) electrons. The molecule has 6 heteroatoms. The number of halogens is 1. The van der Waals surface area contributed by atoms with Gasteiger partial charge in [-0.25, -0.2) is 0 Å². The van der Waals surface area contributed by atoms with Gasteiger partial charge < -0.3 is 15.0 Å². The Morgan fingerprint density at radius 2 is 1.73 bits per heavy atom. The SMILES string of the molecule is CNC(=O)C(C)N(Cc1ccc(Cl)cc1)C(=O)COc1ccc(C)cc1. The Labute approximate surface area is 158 Å². The van der Waals surface area contributed by atoms with E-state index in [1.165, 1.54) is 4.90 Å². The number of nitrogens with zero attached hydrogens (tertiary/aromatic N) is 1. The topological polar surface area (TPSA) is 58.6 Å². The van der Waals surface area contributed by atoms with Crippen molar-refractivity contribution in [1.82, 2.24) is 10.2 Å². The van der Waals surface area contributed by atoms with Gasteiger partial charge >= 0.3 is 0 Å². The fraction of sp³-hybridized carbons (Fsp3) is 0.300. The molecule has 1 atom stereocenters. The summed E-state index contributed by atoms with van der Waals surface area (Å²) >= 11 is 5.91. The predicted octanol–water partition coefficient (Wildman–Crippen LogP) is 3.19. The minimum Gasteiger partial charge on any atom is -0.484 e. The fourth-order valence-electron chi connectivity index (χ4n) is 2.44. The molecule has 0 aliphatic heterocycles. The minimum absolute atomic E-state index is 0.141. The Bertz CT molecular complexity index is 745. The van der Waals surface area contributed by atoms with Crippen LogP contribution in [0.2, 0.25) is 5.02 Å². The Balaban J connectivity index is 2.10. The summed E-state index contributed by atoms with van der Waals surface area (Å²) in [5.41, 5.74) is 2.00. The highest BCUT2D eigenvalue weighted by Gasteiger charge is 2.25. The van der Waals surface area contributed by atoms with E-state index >= 15 is 0 Å². The molecule has 0 heterocycles. The van der Waals surface area contributed by atoms with E-state index in [4.69, 9.17) is 16.3 Å². The molecule has 0 saturated heterocycles. The standard InChI is InChI=1S/C20H23ClN2O3/c1-14-4-10-18(11-5-14)26-13-19(24)23(15(2)20(25)22-3)12-16-6-8-17(21)9-7-16/h4-11,15H,12-13H2,1-3H3,(H,22,25). The van der Waals surface area contributed by atoms with Crippen LogP contribution in [0.25, 0.3) is 0 Å². The van der Waals surface area contributed by atoms with Gasteiger partial charge in [0.1, 0.15) is 11.8 Å². The second-order valence-electron chi connectivity index (χ2n) is 6.04. The summed E-state index contributed by atoms with van der Waals surface area (Å²) in [6.07, 6.45) is 0. The van der Waals surface area contributed by atoms with Crippen LogP contribution >= 0.6 is 11.6 Å². The lowest BCUT2D eigenvalue weighted by Gasteiger charge is -2.28. The summed E-state index contributed by atoms with van der Waals surface area (Å²) in [7, 11) is 1.55. The lowest BCUT2D eigenvalue weighted by Crippen LogP contribution is -2.48. The molecule has 0 fully saturated rings. The third kappa shape index (κ3) is 5.49. The lowest BCUT2D eigenvalue weighted by molar-refractivity contribution is -0.142. The van der Waals surface area contributed by atoms with E-state index in [1.807, 2.05) is 43.3 Å². The van der Waals surface area contributed by atoms with Crippen molar-refractivity contribution in [2.75, 3.05) is 13.7 Å². The molecule has 1 N–H and O–H groups in total. The zero-order valence-electron chi connectivity index (χ0n) is 15.2. The summed E-state index contributed by atoms with van der Waals surface area (Å²) in [6, 6.07) is 14.0. The number of rotatable bonds is 7. The smallest absolute Gasteiger partial charge is 0.261 e. The van der Waals surface area contributed by atoms with Gasteiger partial charge in [0, 0.05) is 18.6 Å². The first kappa shape index (κ1) is 19.8. The number of likely N-dealkylation sites (N-methyl/N-ethyl adjacent to an activating group) is 1. The quantitative estimate of drug-likeness (QED) is 0.809. The van der Waals surface area contributed by atoms with Gasteiger partial charge in [0.15, 0.2) is 6.61 Å². The molecular weight excluding hydrogens is 352 g/mol. The molecule has 0 spiro atoms. The number of hydrogen-bond acceptors (Lipinski definition) is 3. The summed E-state index contributed by atoms with van der Waals surface area (Å²) < 4.78 is 5.58. The largest absolute Gasteiger partial charge is 0.484 e. The lowest BCUT2D eigenvalue weighted by atomic mass is 10.1. The first-order valence-corrected chi connectivity index (χ1v) is 8.73. The molecule has 0 aromatic heterocycles. The van der Waals surface area contributed by atoms with Crippen LogP contribution in [0.3, 0.4) is 0 Å². The molecule has 0 aliphatic carbocycles. The van der Waals surface area contributed by atoms with Crippen LogP contribution in [0, 0.1) is 6.92 Å². The normalized spacial score (nSPS) is 11.5. The molecule has 1 unspecified atom stereocenters. The van der Waals surface area contributed by atoms with E-state index in [0.29, 0.717) is 17.3 Å². The maximum absolute atomic E-state index is 12.7. The van der Waals surface area contributed by atoms with Gasteiger partial charge in [0.25, 0.3) is 5.91 Å². The second kappa shape index (κ2) is 9.25. The number of carbonyl (C=O) groups is 2. The number of nitrogens with one attached hydrogen (secondary N) is 1. The molecule has 2 aromatic rings. The van der Waals surface area contributed by atoms with Crippen LogP contribution in [-0.2, 0) is 16.1 Å². The predicted molar refractivity (Wildman–Crippen MR) is 102 cm³/mol. The van der Waals surface area contributed by atoms with Gasteiger partial charge in [-0.15, -0.1) is 0 Å². The van der Waals surface area contributed by atoms with E-state index in [9.17, 15) is 9.59 Å². The van der Waals surface area contributed by atoms with Crippen molar-refractivity contribution in [2.24, 2.45) is 0 Å². The van der Waals surface area contributed by atoms with Crippen LogP contribution in [0.15, 0.2) is 48.5 Å². The number of aryl methyl sites for hydroxylation is 1. The van der Waals surface area contributed by atoms with Crippen molar-refractivity contribution in [3.05, 3.63) is 64.7 Å². The van der Waals surface area contributed by atoms with E-state index in [1.54, 1.807) is 26.1 Å². The fourth-order valence-corrected chi connectivity index (χ4v) is 2.57. The number of benzene rings is 2. The molecule has 0 aliphatic rings. The average Bonchev–Trinajstić information content (AvgIpc) is 2.65. The number of amides is 2. The summed E-state index contributed by atoms with van der Waals surface area (Å²) in [5, 5.41) is 3.20. The van der Waals surface area contributed by atoms with Gasteiger partial charge in [0.05, 0.1) is 0 Å². The molecule has 26 heavy (non-hydrogen) atoms. The van der Waals surface area contributed by atoms with Crippen LogP contribution in [0.5, 0.6) is 5.75 Å². The summed E-state index contributed by atoms with van der Waals surface area (Å²) in [4.78, 5) is 26.3. The third-order valence-corrected chi connectivity index (χ3v) is 4.32.